The molecule has 1 aliphatic rings. The van der Waals surface area contributed by atoms with Crippen LogP contribution in [0, 0.1) is 5.82 Å². The summed E-state index contributed by atoms with van der Waals surface area (Å²) >= 11 is 0. The van der Waals surface area contributed by atoms with Crippen molar-refractivity contribution >= 4 is 18.4 Å². The number of aliphatic carboxylic acids is 1. The third-order valence-corrected chi connectivity index (χ3v) is 4.28. The number of carboxylic acids is 1. The van der Waals surface area contributed by atoms with Gasteiger partial charge in [0.2, 0.25) is 0 Å². The molecule has 0 bridgehead atoms. The quantitative estimate of drug-likeness (QED) is 0.844. The van der Waals surface area contributed by atoms with Crippen molar-refractivity contribution in [2.24, 2.45) is 0 Å². The Morgan fingerprint density at radius 2 is 1.76 bits per heavy atom. The number of hydrogen-bond acceptors (Lipinski definition) is 3. The van der Waals surface area contributed by atoms with Crippen molar-refractivity contribution in [3.05, 3.63) is 65.5 Å². The van der Waals surface area contributed by atoms with Crippen LogP contribution in [0.1, 0.15) is 24.0 Å². The molecule has 1 atom stereocenters. The van der Waals surface area contributed by atoms with Crippen LogP contribution in [0.2, 0.25) is 0 Å². The van der Waals surface area contributed by atoms with Crippen molar-refractivity contribution in [3.63, 3.8) is 0 Å². The topological polar surface area (TPSA) is 49.8 Å². The van der Waals surface area contributed by atoms with Crippen LogP contribution in [0.5, 0.6) is 5.75 Å². The predicted octanol–water partition coefficient (Wildman–Crippen LogP) is 3.88. The molecule has 0 radical (unpaired) electrons. The van der Waals surface area contributed by atoms with E-state index < -0.39 is 5.97 Å². The Bertz CT molecular complexity index is 691. The van der Waals surface area contributed by atoms with Crippen LogP contribution >= 0.6 is 12.4 Å². The van der Waals surface area contributed by atoms with Crippen molar-refractivity contribution < 1.29 is 19.0 Å². The van der Waals surface area contributed by atoms with Gasteiger partial charge in [0.05, 0.1) is 0 Å². The Labute approximate surface area is 152 Å². The molecule has 1 aliphatic heterocycles. The molecule has 0 spiro atoms. The lowest BCUT2D eigenvalue weighted by Crippen LogP contribution is -2.35. The highest BCUT2D eigenvalue weighted by atomic mass is 35.5. The molecular weight excluding hydrogens is 345 g/mol. The zero-order valence-electron chi connectivity index (χ0n) is 13.7. The lowest BCUT2D eigenvalue weighted by atomic mass is 10.1. The summed E-state index contributed by atoms with van der Waals surface area (Å²) in [5, 5.41) is 9.22. The molecule has 1 N–H and O–H groups in total. The largest absolute Gasteiger partial charge is 0.489 e. The second-order valence-corrected chi connectivity index (χ2v) is 6.03. The average Bonchev–Trinajstić information content (AvgIpc) is 3.04. The van der Waals surface area contributed by atoms with Crippen molar-refractivity contribution in [1.29, 1.82) is 0 Å². The maximum absolute atomic E-state index is 12.9. The first-order chi connectivity index (χ1) is 11.6. The molecule has 1 fully saturated rings. The summed E-state index contributed by atoms with van der Waals surface area (Å²) in [6.45, 7) is 1.84. The summed E-state index contributed by atoms with van der Waals surface area (Å²) in [4.78, 5) is 13.2. The standard InChI is InChI=1S/C19H20FNO3.ClH/c20-16-7-3-15(4-8-16)13-24-17-9-5-14(6-10-17)12-21-11-1-2-18(21)19(22)23;/h3-10,18H,1-2,11-13H2,(H,22,23);1H/t18-;/m1./s1. The minimum absolute atomic E-state index is 0. The van der Waals surface area contributed by atoms with Gasteiger partial charge in [-0.3, -0.25) is 9.69 Å². The number of carboxylic acid groups (broad SMARTS) is 1. The Kier molecular flexibility index (Phi) is 6.79. The summed E-state index contributed by atoms with van der Waals surface area (Å²) in [6.07, 6.45) is 1.64. The fourth-order valence-corrected chi connectivity index (χ4v) is 2.97. The van der Waals surface area contributed by atoms with E-state index in [0.717, 1.165) is 29.8 Å². The van der Waals surface area contributed by atoms with Gasteiger partial charge in [-0.2, -0.15) is 0 Å². The molecule has 1 saturated heterocycles. The number of benzene rings is 2. The minimum atomic E-state index is -0.744. The number of halogens is 2. The van der Waals surface area contributed by atoms with Crippen LogP contribution in [0.4, 0.5) is 4.39 Å². The number of nitrogens with zero attached hydrogens (tertiary/aromatic N) is 1. The number of ether oxygens (including phenoxy) is 1. The van der Waals surface area contributed by atoms with Crippen LogP contribution in [-0.2, 0) is 17.9 Å². The van der Waals surface area contributed by atoms with E-state index in [-0.39, 0.29) is 24.3 Å². The normalized spacial score (nSPS) is 17.1. The Morgan fingerprint density at radius 1 is 1.12 bits per heavy atom. The van der Waals surface area contributed by atoms with Crippen molar-refractivity contribution in [1.82, 2.24) is 4.90 Å². The third-order valence-electron chi connectivity index (χ3n) is 4.28. The van der Waals surface area contributed by atoms with E-state index in [1.54, 1.807) is 12.1 Å². The fraction of sp³-hybridized carbons (Fsp3) is 0.316. The van der Waals surface area contributed by atoms with Crippen LogP contribution < -0.4 is 4.74 Å². The van der Waals surface area contributed by atoms with Gasteiger partial charge in [0.1, 0.15) is 24.2 Å². The highest BCUT2D eigenvalue weighted by Crippen LogP contribution is 2.22. The number of likely N-dealkylation sites (tertiary alicyclic amines) is 1. The summed E-state index contributed by atoms with van der Waals surface area (Å²) < 4.78 is 18.5. The van der Waals surface area contributed by atoms with E-state index >= 15 is 0 Å². The van der Waals surface area contributed by atoms with Gasteiger partial charge >= 0.3 is 5.97 Å². The molecule has 0 aromatic heterocycles. The lowest BCUT2D eigenvalue weighted by molar-refractivity contribution is -0.142. The maximum atomic E-state index is 12.9. The molecule has 0 saturated carbocycles. The second kappa shape index (κ2) is 8.83. The SMILES string of the molecule is Cl.O=C(O)[C@H]1CCCN1Cc1ccc(OCc2ccc(F)cc2)cc1. The average molecular weight is 366 g/mol. The van der Waals surface area contributed by atoms with Crippen molar-refractivity contribution in [2.75, 3.05) is 6.54 Å². The lowest BCUT2D eigenvalue weighted by Gasteiger charge is -2.21. The molecule has 0 amide bonds. The van der Waals surface area contributed by atoms with E-state index in [1.807, 2.05) is 29.2 Å². The smallest absolute Gasteiger partial charge is 0.320 e. The molecule has 25 heavy (non-hydrogen) atoms. The fourth-order valence-electron chi connectivity index (χ4n) is 2.97. The van der Waals surface area contributed by atoms with Gasteiger partial charge in [0.15, 0.2) is 0 Å². The second-order valence-electron chi connectivity index (χ2n) is 6.03. The molecule has 0 unspecified atom stereocenters. The molecule has 0 aliphatic carbocycles. The first kappa shape index (κ1) is 19.2. The van der Waals surface area contributed by atoms with E-state index in [2.05, 4.69) is 0 Å². The van der Waals surface area contributed by atoms with Gasteiger partial charge in [0.25, 0.3) is 0 Å². The van der Waals surface area contributed by atoms with Crippen molar-refractivity contribution in [2.45, 2.75) is 32.0 Å². The van der Waals surface area contributed by atoms with Crippen LogP contribution in [0.15, 0.2) is 48.5 Å². The first-order valence-corrected chi connectivity index (χ1v) is 8.05. The molecule has 2 aromatic rings. The van der Waals surface area contributed by atoms with Gasteiger partial charge in [-0.1, -0.05) is 24.3 Å². The van der Waals surface area contributed by atoms with Gasteiger partial charge in [0, 0.05) is 6.54 Å². The monoisotopic (exact) mass is 365 g/mol. The Balaban J connectivity index is 0.00000225. The number of rotatable bonds is 6. The summed E-state index contributed by atoms with van der Waals surface area (Å²) in [5.41, 5.74) is 1.97. The summed E-state index contributed by atoms with van der Waals surface area (Å²) in [5.74, 6) is -0.268. The van der Waals surface area contributed by atoms with Gasteiger partial charge in [-0.25, -0.2) is 4.39 Å². The van der Waals surface area contributed by atoms with Gasteiger partial charge in [-0.05, 0) is 54.8 Å². The molecule has 3 rings (SSSR count). The van der Waals surface area contributed by atoms with Crippen LogP contribution in [0.25, 0.3) is 0 Å². The molecule has 4 nitrogen and oxygen atoms in total. The molecule has 2 aromatic carbocycles. The number of hydrogen-bond donors (Lipinski definition) is 1. The van der Waals surface area contributed by atoms with Crippen LogP contribution in [-0.4, -0.2) is 28.6 Å². The highest BCUT2D eigenvalue weighted by molar-refractivity contribution is 5.85. The summed E-state index contributed by atoms with van der Waals surface area (Å²) in [6, 6.07) is 13.5. The molecule has 1 heterocycles. The van der Waals surface area contributed by atoms with Crippen molar-refractivity contribution in [3.8, 4) is 5.75 Å². The van der Waals surface area contributed by atoms with Gasteiger partial charge < -0.3 is 9.84 Å². The van der Waals surface area contributed by atoms with Crippen LogP contribution in [0.3, 0.4) is 0 Å². The van der Waals surface area contributed by atoms with E-state index in [1.165, 1.54) is 12.1 Å². The highest BCUT2D eigenvalue weighted by Gasteiger charge is 2.30. The Morgan fingerprint density at radius 3 is 2.40 bits per heavy atom. The molecular formula is C19H21ClFNO3. The van der Waals surface area contributed by atoms with E-state index in [0.29, 0.717) is 19.6 Å². The maximum Gasteiger partial charge on any atom is 0.320 e. The zero-order valence-corrected chi connectivity index (χ0v) is 14.5. The number of carbonyl (C=O) groups is 1. The predicted molar refractivity (Wildman–Crippen MR) is 95.5 cm³/mol. The van der Waals surface area contributed by atoms with Gasteiger partial charge in [-0.15, -0.1) is 12.4 Å². The molecule has 134 valence electrons. The first-order valence-electron chi connectivity index (χ1n) is 8.05. The summed E-state index contributed by atoms with van der Waals surface area (Å²) in [7, 11) is 0. The minimum Gasteiger partial charge on any atom is -0.489 e. The molecule has 6 heteroatoms. The van der Waals surface area contributed by atoms with E-state index in [4.69, 9.17) is 4.74 Å². The zero-order chi connectivity index (χ0) is 16.9. The third kappa shape index (κ3) is 5.18. The Hall–Kier alpha value is -2.11. The van der Waals surface area contributed by atoms with E-state index in [9.17, 15) is 14.3 Å².